The predicted octanol–water partition coefficient (Wildman–Crippen LogP) is 4.99. The molecule has 0 saturated heterocycles. The summed E-state index contributed by atoms with van der Waals surface area (Å²) < 4.78 is 1.27. The number of halogens is 1. The third-order valence-corrected chi connectivity index (χ3v) is 6.45. The van der Waals surface area contributed by atoms with Crippen molar-refractivity contribution in [3.63, 3.8) is 0 Å². The molecule has 0 radical (unpaired) electrons. The third-order valence-electron chi connectivity index (χ3n) is 4.52. The van der Waals surface area contributed by atoms with E-state index in [-0.39, 0.29) is 0 Å². The summed E-state index contributed by atoms with van der Waals surface area (Å²) in [6.45, 7) is 3.14. The summed E-state index contributed by atoms with van der Waals surface area (Å²) in [5, 5.41) is 2.17. The molecule has 1 aliphatic rings. The van der Waals surface area contributed by atoms with Gasteiger partial charge in [0.25, 0.3) is 0 Å². The maximum Gasteiger partial charge on any atom is 0.0314 e. The molecule has 1 aromatic rings. The molecule has 1 aliphatic carbocycles. The van der Waals surface area contributed by atoms with Crippen molar-refractivity contribution in [2.45, 2.75) is 51.9 Å². The van der Waals surface area contributed by atoms with E-state index in [2.05, 4.69) is 34.3 Å². The summed E-state index contributed by atoms with van der Waals surface area (Å²) in [6.07, 6.45) is 9.31. The standard InChI is InChI=1S/C15H24BrNS/c1-2-3-12-4-7-15(11-17,8-5-12)10-14-13(16)6-9-18-14/h6,9,12H,2-5,7-8,10-11,17H2,1H3. The second kappa shape index (κ2) is 6.53. The minimum absolute atomic E-state index is 0.373. The minimum Gasteiger partial charge on any atom is -0.330 e. The molecule has 2 rings (SSSR count). The summed E-state index contributed by atoms with van der Waals surface area (Å²) >= 11 is 5.52. The summed E-state index contributed by atoms with van der Waals surface area (Å²) in [7, 11) is 0. The van der Waals surface area contributed by atoms with Crippen LogP contribution in [0.4, 0.5) is 0 Å². The van der Waals surface area contributed by atoms with Crippen molar-refractivity contribution in [1.82, 2.24) is 0 Å². The van der Waals surface area contributed by atoms with Crippen molar-refractivity contribution in [3.8, 4) is 0 Å². The second-order valence-corrected chi connectivity index (χ2v) is 7.66. The van der Waals surface area contributed by atoms with Crippen molar-refractivity contribution in [3.05, 3.63) is 20.8 Å². The molecule has 0 spiro atoms. The highest BCUT2D eigenvalue weighted by atomic mass is 79.9. The van der Waals surface area contributed by atoms with E-state index in [0.29, 0.717) is 5.41 Å². The molecular formula is C15H24BrNS. The second-order valence-electron chi connectivity index (χ2n) is 5.80. The van der Waals surface area contributed by atoms with Crippen molar-refractivity contribution in [1.29, 1.82) is 0 Å². The molecule has 1 saturated carbocycles. The molecular weight excluding hydrogens is 306 g/mol. The van der Waals surface area contributed by atoms with Crippen molar-refractivity contribution in [2.24, 2.45) is 17.1 Å². The number of nitrogens with two attached hydrogens (primary N) is 1. The molecule has 3 heteroatoms. The van der Waals surface area contributed by atoms with Gasteiger partial charge in [0.05, 0.1) is 0 Å². The Morgan fingerprint density at radius 2 is 2.17 bits per heavy atom. The number of thiophene rings is 1. The number of hydrogen-bond acceptors (Lipinski definition) is 2. The van der Waals surface area contributed by atoms with E-state index in [1.54, 1.807) is 0 Å². The van der Waals surface area contributed by atoms with E-state index in [4.69, 9.17) is 5.73 Å². The highest BCUT2D eigenvalue weighted by molar-refractivity contribution is 9.10. The molecule has 102 valence electrons. The Balaban J connectivity index is 1.98. The van der Waals surface area contributed by atoms with Gasteiger partial charge in [-0.25, -0.2) is 0 Å². The van der Waals surface area contributed by atoms with Crippen LogP contribution in [0.3, 0.4) is 0 Å². The molecule has 1 fully saturated rings. The quantitative estimate of drug-likeness (QED) is 0.809. The Hall–Kier alpha value is 0.140. The largest absolute Gasteiger partial charge is 0.330 e. The average Bonchev–Trinajstić information content (AvgIpc) is 2.78. The maximum absolute atomic E-state index is 6.11. The van der Waals surface area contributed by atoms with Gasteiger partial charge in [-0.3, -0.25) is 0 Å². The van der Waals surface area contributed by atoms with Gasteiger partial charge in [0, 0.05) is 9.35 Å². The van der Waals surface area contributed by atoms with Crippen molar-refractivity contribution >= 4 is 27.3 Å². The highest BCUT2D eigenvalue weighted by Gasteiger charge is 2.34. The Bertz CT molecular complexity index is 366. The fourth-order valence-electron chi connectivity index (χ4n) is 3.23. The normalized spacial score (nSPS) is 28.5. The predicted molar refractivity (Wildman–Crippen MR) is 84.1 cm³/mol. The zero-order valence-corrected chi connectivity index (χ0v) is 13.7. The van der Waals surface area contributed by atoms with Crippen LogP contribution < -0.4 is 5.73 Å². The van der Waals surface area contributed by atoms with Crippen LogP contribution in [0, 0.1) is 11.3 Å². The molecule has 1 nitrogen and oxygen atoms in total. The monoisotopic (exact) mass is 329 g/mol. The number of hydrogen-bond donors (Lipinski definition) is 1. The Morgan fingerprint density at radius 1 is 1.44 bits per heavy atom. The molecule has 0 aliphatic heterocycles. The summed E-state index contributed by atoms with van der Waals surface area (Å²) in [6, 6.07) is 2.16. The first-order valence-electron chi connectivity index (χ1n) is 7.11. The van der Waals surface area contributed by atoms with Gasteiger partial charge in [-0.1, -0.05) is 19.8 Å². The molecule has 2 N–H and O–H groups in total. The Morgan fingerprint density at radius 3 is 2.67 bits per heavy atom. The molecule has 18 heavy (non-hydrogen) atoms. The van der Waals surface area contributed by atoms with Gasteiger partial charge in [0.1, 0.15) is 0 Å². The Labute approximate surface area is 123 Å². The highest BCUT2D eigenvalue weighted by Crippen LogP contribution is 2.43. The lowest BCUT2D eigenvalue weighted by atomic mass is 9.67. The topological polar surface area (TPSA) is 26.0 Å². The summed E-state index contributed by atoms with van der Waals surface area (Å²) in [5.41, 5.74) is 6.49. The summed E-state index contributed by atoms with van der Waals surface area (Å²) in [5.74, 6) is 0.960. The van der Waals surface area contributed by atoms with Crippen molar-refractivity contribution < 1.29 is 0 Å². The SMILES string of the molecule is CCCC1CCC(CN)(Cc2sccc2Br)CC1. The van der Waals surface area contributed by atoms with Crippen molar-refractivity contribution in [2.75, 3.05) is 6.54 Å². The lowest BCUT2D eigenvalue weighted by Gasteiger charge is -2.39. The molecule has 1 heterocycles. The van der Waals surface area contributed by atoms with Crippen LogP contribution in [0.25, 0.3) is 0 Å². The van der Waals surface area contributed by atoms with Gasteiger partial charge in [-0.05, 0) is 77.4 Å². The van der Waals surface area contributed by atoms with Gasteiger partial charge in [0.15, 0.2) is 0 Å². The van der Waals surface area contributed by atoms with E-state index in [9.17, 15) is 0 Å². The Kier molecular flexibility index (Phi) is 5.28. The number of rotatable bonds is 5. The molecule has 0 amide bonds. The van der Waals surface area contributed by atoms with E-state index >= 15 is 0 Å². The van der Waals surface area contributed by atoms with Crippen LogP contribution in [0.2, 0.25) is 0 Å². The lowest BCUT2D eigenvalue weighted by Crippen LogP contribution is -2.36. The van der Waals surface area contributed by atoms with Crippen LogP contribution in [0.5, 0.6) is 0 Å². The minimum atomic E-state index is 0.373. The van der Waals surface area contributed by atoms with Gasteiger partial charge < -0.3 is 5.73 Å². The first kappa shape index (κ1) is 14.5. The van der Waals surface area contributed by atoms with Gasteiger partial charge in [0.2, 0.25) is 0 Å². The average molecular weight is 330 g/mol. The van der Waals surface area contributed by atoms with Gasteiger partial charge in [-0.2, -0.15) is 0 Å². The van der Waals surface area contributed by atoms with E-state index < -0.39 is 0 Å². The van der Waals surface area contributed by atoms with Crippen LogP contribution >= 0.6 is 27.3 Å². The van der Waals surface area contributed by atoms with E-state index in [0.717, 1.165) is 12.5 Å². The molecule has 0 bridgehead atoms. The molecule has 0 aromatic carbocycles. The van der Waals surface area contributed by atoms with Crippen LogP contribution in [0.15, 0.2) is 15.9 Å². The third kappa shape index (κ3) is 3.37. The molecule has 1 aromatic heterocycles. The fraction of sp³-hybridized carbons (Fsp3) is 0.733. The smallest absolute Gasteiger partial charge is 0.0314 e. The van der Waals surface area contributed by atoms with Crippen LogP contribution in [0.1, 0.15) is 50.3 Å². The molecule has 0 atom stereocenters. The summed E-state index contributed by atoms with van der Waals surface area (Å²) in [4.78, 5) is 1.48. The van der Waals surface area contributed by atoms with Gasteiger partial charge >= 0.3 is 0 Å². The molecule has 0 unspecified atom stereocenters. The first-order valence-corrected chi connectivity index (χ1v) is 8.78. The lowest BCUT2D eigenvalue weighted by molar-refractivity contribution is 0.151. The zero-order chi connectivity index (χ0) is 13.0. The fourth-order valence-corrected chi connectivity index (χ4v) is 4.90. The first-order chi connectivity index (χ1) is 8.69. The maximum atomic E-state index is 6.11. The van der Waals surface area contributed by atoms with E-state index in [1.807, 2.05) is 11.3 Å². The van der Waals surface area contributed by atoms with Gasteiger partial charge in [-0.15, -0.1) is 11.3 Å². The van der Waals surface area contributed by atoms with Crippen LogP contribution in [-0.2, 0) is 6.42 Å². The zero-order valence-electron chi connectivity index (χ0n) is 11.3. The van der Waals surface area contributed by atoms with E-state index in [1.165, 1.54) is 54.3 Å². The van der Waals surface area contributed by atoms with Crippen LogP contribution in [-0.4, -0.2) is 6.54 Å².